The summed E-state index contributed by atoms with van der Waals surface area (Å²) in [5.74, 6) is -1.78. The first-order valence-corrected chi connectivity index (χ1v) is 8.91. The van der Waals surface area contributed by atoms with E-state index in [1.807, 2.05) is 26.0 Å². The van der Waals surface area contributed by atoms with Crippen LogP contribution < -0.4 is 10.6 Å². The summed E-state index contributed by atoms with van der Waals surface area (Å²) in [5, 5.41) is 5.23. The van der Waals surface area contributed by atoms with Crippen molar-refractivity contribution >= 4 is 23.8 Å². The molecule has 0 aliphatic carbocycles. The first kappa shape index (κ1) is 20.4. The Morgan fingerprint density at radius 3 is 2.52 bits per heavy atom. The number of carbonyl (C=O) groups is 4. The van der Waals surface area contributed by atoms with Crippen LogP contribution in [0.15, 0.2) is 24.3 Å². The van der Waals surface area contributed by atoms with E-state index in [0.29, 0.717) is 12.1 Å². The highest BCUT2D eigenvalue weighted by Crippen LogP contribution is 2.28. The zero-order chi connectivity index (χ0) is 20.0. The molecule has 8 heteroatoms. The molecule has 1 aromatic carbocycles. The second kappa shape index (κ2) is 8.66. The number of amides is 4. The Bertz CT molecular complexity index is 731. The number of urea groups is 1. The Labute approximate surface area is 158 Å². The van der Waals surface area contributed by atoms with E-state index in [0.717, 1.165) is 23.3 Å². The van der Waals surface area contributed by atoms with Gasteiger partial charge in [-0.05, 0) is 25.8 Å². The minimum absolute atomic E-state index is 0.418. The fourth-order valence-corrected chi connectivity index (χ4v) is 2.70. The molecule has 1 aliphatic heterocycles. The van der Waals surface area contributed by atoms with Gasteiger partial charge in [0.2, 0.25) is 0 Å². The lowest BCUT2D eigenvalue weighted by Gasteiger charge is -2.22. The number of aryl methyl sites for hydroxylation is 1. The molecular weight excluding hydrogens is 350 g/mol. The van der Waals surface area contributed by atoms with Crippen molar-refractivity contribution in [3.63, 3.8) is 0 Å². The number of ether oxygens (including phenoxy) is 1. The molecule has 2 N–H and O–H groups in total. The molecule has 1 aromatic rings. The van der Waals surface area contributed by atoms with Gasteiger partial charge in [0.05, 0.1) is 0 Å². The number of hydrogen-bond donors (Lipinski definition) is 2. The van der Waals surface area contributed by atoms with Gasteiger partial charge in [-0.2, -0.15) is 0 Å². The molecule has 0 bridgehead atoms. The van der Waals surface area contributed by atoms with E-state index < -0.39 is 42.5 Å². The van der Waals surface area contributed by atoms with Crippen molar-refractivity contribution in [1.82, 2.24) is 15.5 Å². The molecule has 0 spiro atoms. The average Bonchev–Trinajstić information content (AvgIpc) is 2.85. The molecule has 1 heterocycles. The molecule has 8 nitrogen and oxygen atoms in total. The van der Waals surface area contributed by atoms with Gasteiger partial charge in [0, 0.05) is 6.54 Å². The number of esters is 1. The lowest BCUT2D eigenvalue weighted by molar-refractivity contribution is -0.151. The van der Waals surface area contributed by atoms with Gasteiger partial charge in [-0.3, -0.25) is 19.3 Å². The van der Waals surface area contributed by atoms with Crippen molar-refractivity contribution in [2.24, 2.45) is 0 Å². The Hall–Kier alpha value is -2.90. The van der Waals surface area contributed by atoms with E-state index in [1.165, 1.54) is 0 Å². The summed E-state index contributed by atoms with van der Waals surface area (Å²) in [6.07, 6.45) is 1.77. The Morgan fingerprint density at radius 2 is 1.89 bits per heavy atom. The largest absolute Gasteiger partial charge is 0.454 e. The summed E-state index contributed by atoms with van der Waals surface area (Å²) in [6.45, 7) is 5.02. The average molecular weight is 375 g/mol. The summed E-state index contributed by atoms with van der Waals surface area (Å²) in [5.41, 5.74) is 0.400. The number of benzene rings is 1. The van der Waals surface area contributed by atoms with E-state index in [9.17, 15) is 19.2 Å². The highest BCUT2D eigenvalue weighted by molar-refractivity contribution is 6.08. The predicted octanol–water partition coefficient (Wildman–Crippen LogP) is 1.22. The molecule has 2 rings (SSSR count). The lowest BCUT2D eigenvalue weighted by Crippen LogP contribution is -2.42. The van der Waals surface area contributed by atoms with Crippen molar-refractivity contribution < 1.29 is 23.9 Å². The van der Waals surface area contributed by atoms with Crippen LogP contribution in [0.25, 0.3) is 0 Å². The van der Waals surface area contributed by atoms with Crippen LogP contribution in [0.5, 0.6) is 0 Å². The summed E-state index contributed by atoms with van der Waals surface area (Å²) >= 11 is 0. The zero-order valence-electron chi connectivity index (χ0n) is 15.8. The standard InChI is InChI=1S/C19H25N3O5/c1-4-5-10-20-15(23)12-27-16(24)11-22-17(25)19(3,21-18(22)26)14-8-6-13(2)7-9-14/h6-9H,4-5,10-12H2,1-3H3,(H,20,23)(H,21,26)/t19-/m1/s1. The van der Waals surface area contributed by atoms with Crippen LogP contribution in [0.3, 0.4) is 0 Å². The molecule has 27 heavy (non-hydrogen) atoms. The van der Waals surface area contributed by atoms with Crippen molar-refractivity contribution in [3.8, 4) is 0 Å². The van der Waals surface area contributed by atoms with Crippen molar-refractivity contribution in [2.45, 2.75) is 39.2 Å². The topological polar surface area (TPSA) is 105 Å². The van der Waals surface area contributed by atoms with E-state index >= 15 is 0 Å². The maximum absolute atomic E-state index is 12.7. The van der Waals surface area contributed by atoms with Gasteiger partial charge < -0.3 is 15.4 Å². The third-order valence-corrected chi connectivity index (χ3v) is 4.41. The van der Waals surface area contributed by atoms with Crippen molar-refractivity contribution in [3.05, 3.63) is 35.4 Å². The number of carbonyl (C=O) groups excluding carboxylic acids is 4. The summed E-state index contributed by atoms with van der Waals surface area (Å²) < 4.78 is 4.86. The van der Waals surface area contributed by atoms with Crippen LogP contribution >= 0.6 is 0 Å². The Kier molecular flexibility index (Phi) is 6.55. The zero-order valence-corrected chi connectivity index (χ0v) is 15.8. The smallest absolute Gasteiger partial charge is 0.326 e. The fourth-order valence-electron chi connectivity index (χ4n) is 2.70. The van der Waals surface area contributed by atoms with Crippen LogP contribution in [-0.2, 0) is 24.7 Å². The molecule has 0 saturated carbocycles. The van der Waals surface area contributed by atoms with E-state index in [2.05, 4.69) is 10.6 Å². The number of imide groups is 1. The second-order valence-electron chi connectivity index (χ2n) is 6.68. The SMILES string of the molecule is CCCCNC(=O)COC(=O)CN1C(=O)N[C@](C)(c2ccc(C)cc2)C1=O. The molecular formula is C19H25N3O5. The van der Waals surface area contributed by atoms with Gasteiger partial charge in [0.25, 0.3) is 11.8 Å². The molecule has 146 valence electrons. The molecule has 1 aliphatic rings. The van der Waals surface area contributed by atoms with Crippen LogP contribution in [0.4, 0.5) is 4.79 Å². The lowest BCUT2D eigenvalue weighted by atomic mass is 9.91. The van der Waals surface area contributed by atoms with Gasteiger partial charge >= 0.3 is 12.0 Å². The molecule has 0 unspecified atom stereocenters. The van der Waals surface area contributed by atoms with Gasteiger partial charge in [-0.15, -0.1) is 0 Å². The monoisotopic (exact) mass is 375 g/mol. The van der Waals surface area contributed by atoms with Crippen molar-refractivity contribution in [2.75, 3.05) is 19.7 Å². The van der Waals surface area contributed by atoms with Gasteiger partial charge in [0.15, 0.2) is 6.61 Å². The van der Waals surface area contributed by atoms with E-state index in [4.69, 9.17) is 4.74 Å². The molecule has 1 saturated heterocycles. The molecule has 0 radical (unpaired) electrons. The number of unbranched alkanes of at least 4 members (excludes halogenated alkanes) is 1. The highest BCUT2D eigenvalue weighted by Gasteiger charge is 2.49. The number of nitrogens with zero attached hydrogens (tertiary/aromatic N) is 1. The van der Waals surface area contributed by atoms with Crippen LogP contribution in [0.1, 0.15) is 37.8 Å². The highest BCUT2D eigenvalue weighted by atomic mass is 16.5. The van der Waals surface area contributed by atoms with Crippen LogP contribution in [-0.4, -0.2) is 48.4 Å². The second-order valence-corrected chi connectivity index (χ2v) is 6.68. The number of rotatable bonds is 8. The Balaban J connectivity index is 1.94. The van der Waals surface area contributed by atoms with E-state index in [1.54, 1.807) is 19.1 Å². The molecule has 1 atom stereocenters. The number of hydrogen-bond acceptors (Lipinski definition) is 5. The first-order valence-electron chi connectivity index (χ1n) is 8.91. The summed E-state index contributed by atoms with van der Waals surface area (Å²) in [7, 11) is 0. The molecule has 4 amide bonds. The quantitative estimate of drug-likeness (QED) is 0.404. The fraction of sp³-hybridized carbons (Fsp3) is 0.474. The summed E-state index contributed by atoms with van der Waals surface area (Å²) in [4.78, 5) is 49.2. The maximum Gasteiger partial charge on any atom is 0.326 e. The maximum atomic E-state index is 12.7. The number of nitrogens with one attached hydrogen (secondary N) is 2. The van der Waals surface area contributed by atoms with E-state index in [-0.39, 0.29) is 0 Å². The van der Waals surface area contributed by atoms with Crippen LogP contribution in [0, 0.1) is 6.92 Å². The Morgan fingerprint density at radius 1 is 1.22 bits per heavy atom. The molecule has 1 fully saturated rings. The normalized spacial score (nSPS) is 19.0. The minimum Gasteiger partial charge on any atom is -0.454 e. The predicted molar refractivity (Wildman–Crippen MR) is 97.7 cm³/mol. The minimum atomic E-state index is -1.25. The third kappa shape index (κ3) is 4.84. The third-order valence-electron chi connectivity index (χ3n) is 4.41. The summed E-state index contributed by atoms with van der Waals surface area (Å²) in [6, 6.07) is 6.53. The van der Waals surface area contributed by atoms with Crippen molar-refractivity contribution in [1.29, 1.82) is 0 Å². The van der Waals surface area contributed by atoms with Gasteiger partial charge in [-0.25, -0.2) is 4.79 Å². The van der Waals surface area contributed by atoms with Gasteiger partial charge in [-0.1, -0.05) is 43.2 Å². The first-order chi connectivity index (χ1) is 12.8. The molecule has 0 aromatic heterocycles. The van der Waals surface area contributed by atoms with Gasteiger partial charge in [0.1, 0.15) is 12.1 Å². The van der Waals surface area contributed by atoms with Crippen LogP contribution in [0.2, 0.25) is 0 Å².